The normalized spacial score (nSPS) is 22.5. The highest BCUT2D eigenvalue weighted by molar-refractivity contribution is 6.01. The van der Waals surface area contributed by atoms with Gasteiger partial charge in [0.15, 0.2) is 0 Å². The van der Waals surface area contributed by atoms with Crippen molar-refractivity contribution in [2.75, 3.05) is 23.3 Å². The monoisotopic (exact) mass is 317 g/mol. The molecule has 0 bridgehead atoms. The van der Waals surface area contributed by atoms with Crippen LogP contribution in [0.15, 0.2) is 6.07 Å². The number of hydrogen-bond acceptors (Lipinski definition) is 6. The van der Waals surface area contributed by atoms with Gasteiger partial charge in [-0.3, -0.25) is 14.9 Å². The Kier molecular flexibility index (Phi) is 4.73. The summed E-state index contributed by atoms with van der Waals surface area (Å²) >= 11 is 0. The molecule has 3 heterocycles. The number of carbonyl (C=O) groups is 2. The van der Waals surface area contributed by atoms with Crippen LogP contribution in [0.25, 0.3) is 0 Å². The maximum Gasteiger partial charge on any atom is 0.249 e. The lowest BCUT2D eigenvalue weighted by molar-refractivity contribution is -0.133. The van der Waals surface area contributed by atoms with Gasteiger partial charge in [0.1, 0.15) is 23.5 Å². The molecule has 0 aromatic carbocycles. The smallest absolute Gasteiger partial charge is 0.249 e. The van der Waals surface area contributed by atoms with Crippen LogP contribution in [0, 0.1) is 6.92 Å². The van der Waals surface area contributed by atoms with Gasteiger partial charge in [-0.05, 0) is 26.2 Å². The number of hydrogen-bond donors (Lipinski definition) is 2. The van der Waals surface area contributed by atoms with Crippen LogP contribution in [0.2, 0.25) is 0 Å². The molecule has 2 N–H and O–H groups in total. The average molecular weight is 317 g/mol. The van der Waals surface area contributed by atoms with E-state index in [0.717, 1.165) is 18.9 Å². The van der Waals surface area contributed by atoms with Crippen molar-refractivity contribution in [2.24, 2.45) is 0 Å². The lowest BCUT2D eigenvalue weighted by Crippen LogP contribution is -2.47. The van der Waals surface area contributed by atoms with Gasteiger partial charge in [-0.1, -0.05) is 12.8 Å². The van der Waals surface area contributed by atoms with E-state index in [1.54, 1.807) is 0 Å². The summed E-state index contributed by atoms with van der Waals surface area (Å²) in [6, 6.07) is 1.49. The number of nitrogens with zero attached hydrogens (tertiary/aromatic N) is 3. The van der Waals surface area contributed by atoms with Crippen LogP contribution in [0.1, 0.15) is 44.3 Å². The van der Waals surface area contributed by atoms with E-state index >= 15 is 0 Å². The maximum atomic E-state index is 11.9. The van der Waals surface area contributed by atoms with Crippen molar-refractivity contribution in [3.8, 4) is 0 Å². The zero-order valence-corrected chi connectivity index (χ0v) is 13.5. The van der Waals surface area contributed by atoms with Crippen LogP contribution in [0.4, 0.5) is 11.6 Å². The first-order valence-electron chi connectivity index (χ1n) is 8.33. The number of amides is 2. The molecule has 2 saturated heterocycles. The molecule has 7 heteroatoms. The molecule has 0 aliphatic carbocycles. The first-order chi connectivity index (χ1) is 11.1. The van der Waals surface area contributed by atoms with E-state index in [9.17, 15) is 9.59 Å². The van der Waals surface area contributed by atoms with Gasteiger partial charge in [-0.15, -0.1) is 0 Å². The number of piperidine rings is 1. The fourth-order valence-electron chi connectivity index (χ4n) is 3.10. The highest BCUT2D eigenvalue weighted by atomic mass is 16.2. The van der Waals surface area contributed by atoms with E-state index in [0.29, 0.717) is 24.5 Å². The van der Waals surface area contributed by atoms with Crippen LogP contribution in [0.3, 0.4) is 0 Å². The third kappa shape index (κ3) is 3.97. The molecule has 1 aromatic rings. The molecule has 0 spiro atoms. The molecule has 2 fully saturated rings. The van der Waals surface area contributed by atoms with E-state index in [4.69, 9.17) is 0 Å². The minimum absolute atomic E-state index is 0.211. The molecule has 1 unspecified atom stereocenters. The van der Waals surface area contributed by atoms with Crippen molar-refractivity contribution in [1.82, 2.24) is 15.3 Å². The molecule has 23 heavy (non-hydrogen) atoms. The van der Waals surface area contributed by atoms with Gasteiger partial charge < -0.3 is 10.2 Å². The summed E-state index contributed by atoms with van der Waals surface area (Å²) in [5.74, 6) is 1.74. The third-order valence-corrected chi connectivity index (χ3v) is 4.32. The fourth-order valence-corrected chi connectivity index (χ4v) is 3.10. The van der Waals surface area contributed by atoms with Crippen molar-refractivity contribution < 1.29 is 9.59 Å². The molecular formula is C16H23N5O2. The number of imide groups is 1. The molecule has 3 rings (SSSR count). The Labute approximate surface area is 135 Å². The van der Waals surface area contributed by atoms with Gasteiger partial charge in [-0.25, -0.2) is 9.97 Å². The number of anilines is 2. The molecule has 1 atom stereocenters. The molecular weight excluding hydrogens is 294 g/mol. The zero-order valence-electron chi connectivity index (χ0n) is 13.5. The average Bonchev–Trinajstić information content (AvgIpc) is 2.79. The van der Waals surface area contributed by atoms with Crippen molar-refractivity contribution >= 4 is 23.5 Å². The van der Waals surface area contributed by atoms with E-state index in [1.807, 2.05) is 13.0 Å². The number of carbonyl (C=O) groups excluding carboxylic acids is 2. The highest BCUT2D eigenvalue weighted by Gasteiger charge is 2.27. The Morgan fingerprint density at radius 1 is 1.17 bits per heavy atom. The summed E-state index contributed by atoms with van der Waals surface area (Å²) in [6.45, 7) is 3.87. The van der Waals surface area contributed by atoms with Gasteiger partial charge in [-0.2, -0.15) is 0 Å². The Hall–Kier alpha value is -2.18. The Bertz CT molecular complexity index is 596. The van der Waals surface area contributed by atoms with E-state index < -0.39 is 6.04 Å². The molecule has 0 saturated carbocycles. The predicted octanol–water partition coefficient (Wildman–Crippen LogP) is 1.38. The maximum absolute atomic E-state index is 11.9. The largest absolute Gasteiger partial charge is 0.358 e. The quantitative estimate of drug-likeness (QED) is 0.819. The van der Waals surface area contributed by atoms with Crippen molar-refractivity contribution in [2.45, 2.75) is 51.5 Å². The van der Waals surface area contributed by atoms with Crippen LogP contribution >= 0.6 is 0 Å². The second kappa shape index (κ2) is 6.93. The minimum Gasteiger partial charge on any atom is -0.358 e. The van der Waals surface area contributed by atoms with Gasteiger partial charge in [0.25, 0.3) is 0 Å². The first kappa shape index (κ1) is 15.7. The summed E-state index contributed by atoms with van der Waals surface area (Å²) in [7, 11) is 0. The molecule has 1 aromatic heterocycles. The first-order valence-corrected chi connectivity index (χ1v) is 8.33. The second-order valence-electron chi connectivity index (χ2n) is 6.21. The molecule has 2 amide bonds. The van der Waals surface area contributed by atoms with Gasteiger partial charge >= 0.3 is 0 Å². The molecule has 2 aliphatic heterocycles. The lowest BCUT2D eigenvalue weighted by Gasteiger charge is -2.25. The van der Waals surface area contributed by atoms with E-state index in [1.165, 1.54) is 25.7 Å². The summed E-state index contributed by atoms with van der Waals surface area (Å²) in [6.07, 6.45) is 5.74. The van der Waals surface area contributed by atoms with Crippen molar-refractivity contribution in [3.05, 3.63) is 11.9 Å². The standard InChI is InChI=1S/C16H23N5O2/c1-11-17-13(19-12-6-7-15(22)20-16(12)23)10-14(18-11)21-8-4-2-3-5-9-21/h10,12H,2-9H2,1H3,(H,17,18,19)(H,20,22,23). The summed E-state index contributed by atoms with van der Waals surface area (Å²) in [5, 5.41) is 5.50. The summed E-state index contributed by atoms with van der Waals surface area (Å²) < 4.78 is 0. The molecule has 0 radical (unpaired) electrons. The Morgan fingerprint density at radius 2 is 1.91 bits per heavy atom. The minimum atomic E-state index is -0.418. The van der Waals surface area contributed by atoms with E-state index in [-0.39, 0.29) is 11.8 Å². The van der Waals surface area contributed by atoms with Crippen molar-refractivity contribution in [1.29, 1.82) is 0 Å². The number of rotatable bonds is 3. The number of nitrogens with one attached hydrogen (secondary N) is 2. The van der Waals surface area contributed by atoms with Gasteiger partial charge in [0.2, 0.25) is 11.8 Å². The van der Waals surface area contributed by atoms with Crippen molar-refractivity contribution in [3.63, 3.8) is 0 Å². The van der Waals surface area contributed by atoms with Crippen LogP contribution in [-0.4, -0.2) is 40.9 Å². The third-order valence-electron chi connectivity index (χ3n) is 4.32. The van der Waals surface area contributed by atoms with Crippen LogP contribution in [0.5, 0.6) is 0 Å². The number of aryl methyl sites for hydroxylation is 1. The van der Waals surface area contributed by atoms with Crippen LogP contribution < -0.4 is 15.5 Å². The molecule has 2 aliphatic rings. The van der Waals surface area contributed by atoms with E-state index in [2.05, 4.69) is 25.5 Å². The Balaban J connectivity index is 1.74. The van der Waals surface area contributed by atoms with Gasteiger partial charge in [0, 0.05) is 25.6 Å². The van der Waals surface area contributed by atoms with Gasteiger partial charge in [0.05, 0.1) is 0 Å². The predicted molar refractivity (Wildman–Crippen MR) is 87.2 cm³/mol. The summed E-state index contributed by atoms with van der Waals surface area (Å²) in [4.78, 5) is 34.3. The molecule has 124 valence electrons. The summed E-state index contributed by atoms with van der Waals surface area (Å²) in [5.41, 5.74) is 0. The SMILES string of the molecule is Cc1nc(NC2CCC(=O)NC2=O)cc(N2CCCCCC2)n1. The van der Waals surface area contributed by atoms with Crippen LogP contribution in [-0.2, 0) is 9.59 Å². The fraction of sp³-hybridized carbons (Fsp3) is 0.625. The Morgan fingerprint density at radius 3 is 2.61 bits per heavy atom. The second-order valence-corrected chi connectivity index (χ2v) is 6.21. The molecule has 7 nitrogen and oxygen atoms in total. The zero-order chi connectivity index (χ0) is 16.2. The topological polar surface area (TPSA) is 87.2 Å². The highest BCUT2D eigenvalue weighted by Crippen LogP contribution is 2.21. The lowest BCUT2D eigenvalue weighted by atomic mass is 10.1. The number of aromatic nitrogens is 2.